The SMILES string of the molecule is CC(=O)c1cc(O)cc(C(F)(F)F)c1C. The molecule has 0 saturated carbocycles. The molecule has 0 bridgehead atoms. The van der Waals surface area contributed by atoms with Crippen LogP contribution in [0.1, 0.15) is 28.4 Å². The van der Waals surface area contributed by atoms with Gasteiger partial charge in [-0.15, -0.1) is 0 Å². The van der Waals surface area contributed by atoms with E-state index >= 15 is 0 Å². The van der Waals surface area contributed by atoms with Crippen molar-refractivity contribution in [3.05, 3.63) is 28.8 Å². The second-order valence-electron chi connectivity index (χ2n) is 3.22. The number of benzene rings is 1. The maximum Gasteiger partial charge on any atom is 0.416 e. The molecule has 82 valence electrons. The Balaban J connectivity index is 3.49. The summed E-state index contributed by atoms with van der Waals surface area (Å²) in [6.07, 6.45) is -4.56. The predicted molar refractivity (Wildman–Crippen MR) is 47.9 cm³/mol. The lowest BCUT2D eigenvalue weighted by Crippen LogP contribution is -2.10. The van der Waals surface area contributed by atoms with E-state index in [-0.39, 0.29) is 11.1 Å². The van der Waals surface area contributed by atoms with Gasteiger partial charge in [-0.2, -0.15) is 13.2 Å². The number of carbonyl (C=O) groups is 1. The molecule has 1 N–H and O–H groups in total. The van der Waals surface area contributed by atoms with Gasteiger partial charge in [-0.05, 0) is 31.5 Å². The van der Waals surface area contributed by atoms with Crippen molar-refractivity contribution in [2.75, 3.05) is 0 Å². The Morgan fingerprint density at radius 1 is 1.33 bits per heavy atom. The Hall–Kier alpha value is -1.52. The summed E-state index contributed by atoms with van der Waals surface area (Å²) in [5.74, 6) is -1.06. The van der Waals surface area contributed by atoms with E-state index in [1.54, 1.807) is 0 Å². The molecule has 15 heavy (non-hydrogen) atoms. The third-order valence-corrected chi connectivity index (χ3v) is 2.08. The van der Waals surface area contributed by atoms with Crippen LogP contribution in [0, 0.1) is 6.92 Å². The van der Waals surface area contributed by atoms with Crippen LogP contribution < -0.4 is 0 Å². The molecule has 0 aliphatic rings. The molecule has 0 amide bonds. The van der Waals surface area contributed by atoms with Crippen molar-refractivity contribution in [1.82, 2.24) is 0 Å². The number of Topliss-reactive ketones (excluding diaryl/α,β-unsaturated/α-hetero) is 1. The van der Waals surface area contributed by atoms with Crippen LogP contribution in [-0.2, 0) is 6.18 Å². The number of alkyl halides is 3. The summed E-state index contributed by atoms with van der Waals surface area (Å²) in [7, 11) is 0. The zero-order valence-electron chi connectivity index (χ0n) is 8.14. The van der Waals surface area contributed by atoms with E-state index in [2.05, 4.69) is 0 Å². The van der Waals surface area contributed by atoms with Crippen molar-refractivity contribution in [2.45, 2.75) is 20.0 Å². The average molecular weight is 218 g/mol. The van der Waals surface area contributed by atoms with Crippen LogP contribution in [-0.4, -0.2) is 10.9 Å². The molecule has 0 heterocycles. The molecule has 0 aliphatic carbocycles. The van der Waals surface area contributed by atoms with E-state index in [0.29, 0.717) is 6.07 Å². The lowest BCUT2D eigenvalue weighted by molar-refractivity contribution is -0.138. The highest BCUT2D eigenvalue weighted by Gasteiger charge is 2.34. The summed E-state index contributed by atoms with van der Waals surface area (Å²) in [5, 5.41) is 9.08. The number of phenols is 1. The van der Waals surface area contributed by atoms with Crippen LogP contribution in [0.15, 0.2) is 12.1 Å². The minimum absolute atomic E-state index is 0.109. The monoisotopic (exact) mass is 218 g/mol. The molecular formula is C10H9F3O2. The van der Waals surface area contributed by atoms with Crippen molar-refractivity contribution >= 4 is 5.78 Å². The van der Waals surface area contributed by atoms with Gasteiger partial charge in [0.25, 0.3) is 0 Å². The first kappa shape index (κ1) is 11.6. The second-order valence-corrected chi connectivity index (χ2v) is 3.22. The summed E-state index contributed by atoms with van der Waals surface area (Å²) in [5.41, 5.74) is -1.25. The molecule has 0 aromatic heterocycles. The van der Waals surface area contributed by atoms with Crippen LogP contribution in [0.2, 0.25) is 0 Å². The van der Waals surface area contributed by atoms with E-state index in [1.165, 1.54) is 6.92 Å². The van der Waals surface area contributed by atoms with Crippen LogP contribution in [0.4, 0.5) is 13.2 Å². The first-order valence-corrected chi connectivity index (χ1v) is 4.15. The molecule has 0 spiro atoms. The Labute approximate surface area is 84.3 Å². The number of rotatable bonds is 1. The zero-order valence-corrected chi connectivity index (χ0v) is 8.14. The van der Waals surface area contributed by atoms with Crippen molar-refractivity contribution in [3.63, 3.8) is 0 Å². The van der Waals surface area contributed by atoms with Gasteiger partial charge in [0.2, 0.25) is 0 Å². The highest BCUT2D eigenvalue weighted by atomic mass is 19.4. The Morgan fingerprint density at radius 3 is 2.27 bits per heavy atom. The van der Waals surface area contributed by atoms with E-state index in [9.17, 15) is 18.0 Å². The van der Waals surface area contributed by atoms with Crippen molar-refractivity contribution < 1.29 is 23.1 Å². The largest absolute Gasteiger partial charge is 0.508 e. The van der Waals surface area contributed by atoms with Gasteiger partial charge in [-0.3, -0.25) is 4.79 Å². The number of halogens is 3. The van der Waals surface area contributed by atoms with Gasteiger partial charge in [-0.1, -0.05) is 0 Å². The molecule has 0 saturated heterocycles. The molecule has 0 radical (unpaired) electrons. The van der Waals surface area contributed by atoms with Crippen LogP contribution in [0.5, 0.6) is 5.75 Å². The molecule has 0 aliphatic heterocycles. The molecule has 1 rings (SSSR count). The van der Waals surface area contributed by atoms with Crippen LogP contribution in [0.3, 0.4) is 0 Å². The highest BCUT2D eigenvalue weighted by molar-refractivity contribution is 5.96. The van der Waals surface area contributed by atoms with Gasteiger partial charge < -0.3 is 5.11 Å². The number of ketones is 1. The number of aromatic hydroxyl groups is 1. The Kier molecular flexibility index (Phi) is 2.75. The molecular weight excluding hydrogens is 209 g/mol. The standard InChI is InChI=1S/C10H9F3O2/c1-5-8(6(2)14)3-7(15)4-9(5)10(11,12)13/h3-4,15H,1-2H3. The van der Waals surface area contributed by atoms with Gasteiger partial charge in [-0.25, -0.2) is 0 Å². The molecule has 1 aromatic rings. The Morgan fingerprint density at radius 2 is 1.87 bits per heavy atom. The topological polar surface area (TPSA) is 37.3 Å². The summed E-state index contributed by atoms with van der Waals surface area (Å²) < 4.78 is 37.3. The van der Waals surface area contributed by atoms with Crippen LogP contribution in [0.25, 0.3) is 0 Å². The van der Waals surface area contributed by atoms with E-state index in [1.807, 2.05) is 0 Å². The number of hydrogen-bond acceptors (Lipinski definition) is 2. The third kappa shape index (κ3) is 2.29. The van der Waals surface area contributed by atoms with Crippen molar-refractivity contribution in [1.29, 1.82) is 0 Å². The average Bonchev–Trinajstić information content (AvgIpc) is 2.06. The summed E-state index contributed by atoms with van der Waals surface area (Å²) in [6.45, 7) is 2.36. The molecule has 1 aromatic carbocycles. The van der Waals surface area contributed by atoms with E-state index in [0.717, 1.165) is 13.0 Å². The van der Waals surface area contributed by atoms with Gasteiger partial charge >= 0.3 is 6.18 Å². The van der Waals surface area contributed by atoms with Crippen molar-refractivity contribution in [2.24, 2.45) is 0 Å². The fourth-order valence-electron chi connectivity index (χ4n) is 1.36. The first-order valence-electron chi connectivity index (χ1n) is 4.15. The van der Waals surface area contributed by atoms with Gasteiger partial charge in [0.05, 0.1) is 5.56 Å². The first-order chi connectivity index (χ1) is 6.73. The lowest BCUT2D eigenvalue weighted by atomic mass is 9.99. The zero-order chi connectivity index (χ0) is 11.8. The normalized spacial score (nSPS) is 11.5. The molecule has 0 fully saturated rings. The van der Waals surface area contributed by atoms with Gasteiger partial charge in [0.1, 0.15) is 5.75 Å². The second kappa shape index (κ2) is 3.56. The molecule has 5 heteroatoms. The summed E-state index contributed by atoms with van der Waals surface area (Å²) >= 11 is 0. The number of phenolic OH excluding ortho intramolecular Hbond substituents is 1. The minimum Gasteiger partial charge on any atom is -0.508 e. The quantitative estimate of drug-likeness (QED) is 0.736. The molecule has 2 nitrogen and oxygen atoms in total. The lowest BCUT2D eigenvalue weighted by Gasteiger charge is -2.13. The third-order valence-electron chi connectivity index (χ3n) is 2.08. The maximum absolute atomic E-state index is 12.4. The molecule has 0 unspecified atom stereocenters. The molecule has 0 atom stereocenters. The Bertz CT molecular complexity index is 408. The predicted octanol–water partition coefficient (Wildman–Crippen LogP) is 2.92. The van der Waals surface area contributed by atoms with Crippen LogP contribution >= 0.6 is 0 Å². The number of carbonyl (C=O) groups excluding carboxylic acids is 1. The van der Waals surface area contributed by atoms with E-state index in [4.69, 9.17) is 5.11 Å². The van der Waals surface area contributed by atoms with E-state index < -0.39 is 23.3 Å². The summed E-state index contributed by atoms with van der Waals surface area (Å²) in [4.78, 5) is 11.0. The maximum atomic E-state index is 12.4. The highest BCUT2D eigenvalue weighted by Crippen LogP contribution is 2.35. The number of hydrogen-bond donors (Lipinski definition) is 1. The van der Waals surface area contributed by atoms with Gasteiger partial charge in [0.15, 0.2) is 5.78 Å². The van der Waals surface area contributed by atoms with Gasteiger partial charge in [0, 0.05) is 5.56 Å². The van der Waals surface area contributed by atoms with Crippen molar-refractivity contribution in [3.8, 4) is 5.75 Å². The smallest absolute Gasteiger partial charge is 0.416 e. The fraction of sp³-hybridized carbons (Fsp3) is 0.300. The minimum atomic E-state index is -4.56. The fourth-order valence-corrected chi connectivity index (χ4v) is 1.36. The summed E-state index contributed by atoms with van der Waals surface area (Å²) in [6, 6.07) is 1.65.